The van der Waals surface area contributed by atoms with Crippen LogP contribution >= 0.6 is 0 Å². The number of methoxy groups -OCH3 is 2. The third kappa shape index (κ3) is 5.51. The molecule has 0 unspecified atom stereocenters. The van der Waals surface area contributed by atoms with E-state index in [1.165, 1.54) is 26.6 Å². The van der Waals surface area contributed by atoms with E-state index < -0.39 is 18.2 Å². The van der Waals surface area contributed by atoms with Crippen molar-refractivity contribution in [2.24, 2.45) is 0 Å². The van der Waals surface area contributed by atoms with Crippen molar-refractivity contribution in [3.63, 3.8) is 0 Å². The van der Waals surface area contributed by atoms with Gasteiger partial charge in [-0.2, -0.15) is 5.10 Å². The summed E-state index contributed by atoms with van der Waals surface area (Å²) in [7, 11) is 4.70. The lowest BCUT2D eigenvalue weighted by Gasteiger charge is -2.31. The van der Waals surface area contributed by atoms with Crippen LogP contribution in [0.1, 0.15) is 11.3 Å². The van der Waals surface area contributed by atoms with E-state index in [1.807, 2.05) is 6.07 Å². The number of benzene rings is 1. The molecule has 2 aromatic heterocycles. The number of halogens is 2. The molecule has 0 radical (unpaired) electrons. The largest absolute Gasteiger partial charge is 0.494 e. The van der Waals surface area contributed by atoms with Gasteiger partial charge in [-0.3, -0.25) is 10.00 Å². The Bertz CT molecular complexity index is 1070. The van der Waals surface area contributed by atoms with Crippen molar-refractivity contribution in [1.29, 1.82) is 0 Å². The Kier molecular flexibility index (Phi) is 7.38. The molecule has 182 valence electrons. The third-order valence-corrected chi connectivity index (χ3v) is 5.54. The van der Waals surface area contributed by atoms with Gasteiger partial charge in [-0.25, -0.2) is 18.7 Å². The Morgan fingerprint density at radius 3 is 2.26 bits per heavy atom. The maximum atomic E-state index is 14.5. The minimum Gasteiger partial charge on any atom is -0.494 e. The van der Waals surface area contributed by atoms with Gasteiger partial charge < -0.3 is 24.4 Å². The number of anilines is 2. The average molecular weight is 476 g/mol. The second kappa shape index (κ2) is 10.6. The molecule has 0 atom stereocenters. The van der Waals surface area contributed by atoms with E-state index in [2.05, 4.69) is 42.3 Å². The van der Waals surface area contributed by atoms with Crippen LogP contribution in [-0.2, 0) is 13.2 Å². The molecule has 0 amide bonds. The smallest absolute Gasteiger partial charge is 0.228 e. The van der Waals surface area contributed by atoms with Crippen LogP contribution in [0.25, 0.3) is 0 Å². The Balaban J connectivity index is 1.34. The van der Waals surface area contributed by atoms with E-state index in [1.54, 1.807) is 0 Å². The van der Waals surface area contributed by atoms with Crippen molar-refractivity contribution >= 4 is 11.8 Å². The number of hydrogen-bond acceptors (Lipinski definition) is 9. The van der Waals surface area contributed by atoms with E-state index in [0.717, 1.165) is 44.5 Å². The van der Waals surface area contributed by atoms with Crippen molar-refractivity contribution in [3.8, 4) is 17.2 Å². The van der Waals surface area contributed by atoms with Crippen LogP contribution < -0.4 is 19.5 Å². The molecule has 3 heterocycles. The van der Waals surface area contributed by atoms with E-state index >= 15 is 0 Å². The summed E-state index contributed by atoms with van der Waals surface area (Å²) >= 11 is 0. The predicted molar refractivity (Wildman–Crippen MR) is 120 cm³/mol. The molecule has 0 saturated carbocycles. The molecule has 1 aliphatic heterocycles. The highest BCUT2D eigenvalue weighted by Crippen LogP contribution is 2.32. The number of aromatic nitrogens is 4. The first-order chi connectivity index (χ1) is 16.5. The van der Waals surface area contributed by atoms with E-state index in [0.29, 0.717) is 11.8 Å². The van der Waals surface area contributed by atoms with Gasteiger partial charge in [-0.15, -0.1) is 0 Å². The van der Waals surface area contributed by atoms with Crippen molar-refractivity contribution in [2.75, 3.05) is 52.8 Å². The van der Waals surface area contributed by atoms with Crippen molar-refractivity contribution < 1.29 is 23.0 Å². The van der Waals surface area contributed by atoms with Crippen LogP contribution in [0.5, 0.6) is 17.2 Å². The Labute approximate surface area is 195 Å². The number of H-pyrrole nitrogens is 1. The minimum absolute atomic E-state index is 0.140. The standard InChI is InChI=1S/C22H27F2N7O3/c1-30-4-6-31(7-5-30)12-14-8-19(29-28-14)27-22-25-10-15(11-26-22)34-13-16-20(23)17(32-2)9-18(33-3)21(16)24/h8-11H,4-7,12-13H2,1-3H3,(H2,25,26,27,28,29). The van der Waals surface area contributed by atoms with Crippen LogP contribution in [0.4, 0.5) is 20.5 Å². The summed E-state index contributed by atoms with van der Waals surface area (Å²) in [5.74, 6) is -0.853. The number of likely N-dealkylation sites (N-methyl/N-ethyl adjacent to an activating group) is 1. The highest BCUT2D eigenvalue weighted by atomic mass is 19.1. The lowest BCUT2D eigenvalue weighted by atomic mass is 10.1. The number of piperazine rings is 1. The number of nitrogens with zero attached hydrogens (tertiary/aromatic N) is 5. The second-order valence-corrected chi connectivity index (χ2v) is 7.90. The molecule has 0 spiro atoms. The van der Waals surface area contributed by atoms with Gasteiger partial charge in [0.1, 0.15) is 6.61 Å². The summed E-state index contributed by atoms with van der Waals surface area (Å²) in [6.07, 6.45) is 2.81. The Hall–Kier alpha value is -3.51. The van der Waals surface area contributed by atoms with E-state index in [-0.39, 0.29) is 22.8 Å². The number of ether oxygens (including phenoxy) is 3. The molecule has 34 heavy (non-hydrogen) atoms. The van der Waals surface area contributed by atoms with Gasteiger partial charge in [0.25, 0.3) is 0 Å². The number of aromatic amines is 1. The molecule has 4 rings (SSSR count). The van der Waals surface area contributed by atoms with E-state index in [9.17, 15) is 8.78 Å². The van der Waals surface area contributed by atoms with Crippen LogP contribution in [0, 0.1) is 11.6 Å². The van der Waals surface area contributed by atoms with Crippen LogP contribution in [0.15, 0.2) is 24.5 Å². The highest BCUT2D eigenvalue weighted by Gasteiger charge is 2.21. The summed E-state index contributed by atoms with van der Waals surface area (Å²) in [5, 5.41) is 10.3. The molecule has 3 aromatic rings. The quantitative estimate of drug-likeness (QED) is 0.484. The van der Waals surface area contributed by atoms with Crippen LogP contribution in [0.2, 0.25) is 0 Å². The molecule has 1 aromatic carbocycles. The SMILES string of the molecule is COc1cc(OC)c(F)c(COc2cnc(Nc3cc(CN4CCN(C)CC4)[nH]n3)nc2)c1F. The molecule has 10 nitrogen and oxygen atoms in total. The number of nitrogens with one attached hydrogen (secondary N) is 2. The van der Waals surface area contributed by atoms with Crippen molar-refractivity contribution in [2.45, 2.75) is 13.2 Å². The van der Waals surface area contributed by atoms with Gasteiger partial charge in [-0.05, 0) is 7.05 Å². The zero-order valence-corrected chi connectivity index (χ0v) is 19.3. The van der Waals surface area contributed by atoms with E-state index in [4.69, 9.17) is 14.2 Å². The highest BCUT2D eigenvalue weighted by molar-refractivity contribution is 5.48. The molecule has 1 aliphatic rings. The molecular weight excluding hydrogens is 448 g/mol. The molecule has 0 aliphatic carbocycles. The van der Waals surface area contributed by atoms with Crippen molar-refractivity contribution in [3.05, 3.63) is 47.4 Å². The van der Waals surface area contributed by atoms with Gasteiger partial charge in [-0.1, -0.05) is 0 Å². The van der Waals surface area contributed by atoms with Gasteiger partial charge in [0.15, 0.2) is 34.7 Å². The van der Waals surface area contributed by atoms with Gasteiger partial charge in [0, 0.05) is 44.9 Å². The monoisotopic (exact) mass is 475 g/mol. The maximum Gasteiger partial charge on any atom is 0.228 e. The molecule has 1 saturated heterocycles. The first-order valence-electron chi connectivity index (χ1n) is 10.7. The topological polar surface area (TPSA) is 101 Å². The fourth-order valence-electron chi connectivity index (χ4n) is 3.54. The lowest BCUT2D eigenvalue weighted by Crippen LogP contribution is -2.43. The fourth-order valence-corrected chi connectivity index (χ4v) is 3.54. The summed E-state index contributed by atoms with van der Waals surface area (Å²) in [4.78, 5) is 13.0. The molecule has 2 N–H and O–H groups in total. The lowest BCUT2D eigenvalue weighted by molar-refractivity contribution is 0.147. The normalized spacial score (nSPS) is 14.7. The summed E-state index contributed by atoms with van der Waals surface area (Å²) in [6, 6.07) is 3.05. The third-order valence-electron chi connectivity index (χ3n) is 5.54. The zero-order valence-electron chi connectivity index (χ0n) is 19.3. The molecule has 0 bridgehead atoms. The van der Waals surface area contributed by atoms with Crippen LogP contribution in [0.3, 0.4) is 0 Å². The van der Waals surface area contributed by atoms with Gasteiger partial charge in [0.05, 0.1) is 37.9 Å². The van der Waals surface area contributed by atoms with Crippen LogP contribution in [-0.4, -0.2) is 77.4 Å². The first kappa shape index (κ1) is 23.6. The number of rotatable bonds is 9. The minimum atomic E-state index is -0.856. The predicted octanol–water partition coefficient (Wildman–Crippen LogP) is 2.57. The molecular formula is C22H27F2N7O3. The molecule has 1 fully saturated rings. The van der Waals surface area contributed by atoms with Gasteiger partial charge >= 0.3 is 0 Å². The zero-order chi connectivity index (χ0) is 24.1. The summed E-state index contributed by atoms with van der Waals surface area (Å²) < 4.78 is 44.3. The summed E-state index contributed by atoms with van der Waals surface area (Å²) in [6.45, 7) is 4.52. The summed E-state index contributed by atoms with van der Waals surface area (Å²) in [5.41, 5.74) is 0.674. The Morgan fingerprint density at radius 1 is 1.00 bits per heavy atom. The fraction of sp³-hybridized carbons (Fsp3) is 0.409. The second-order valence-electron chi connectivity index (χ2n) is 7.90. The van der Waals surface area contributed by atoms with Crippen molar-refractivity contribution in [1.82, 2.24) is 30.0 Å². The average Bonchev–Trinajstić information content (AvgIpc) is 3.28. The van der Waals surface area contributed by atoms with Gasteiger partial charge in [0.2, 0.25) is 5.95 Å². The molecule has 12 heteroatoms. The Morgan fingerprint density at radius 2 is 1.65 bits per heavy atom. The number of hydrogen-bond donors (Lipinski definition) is 2. The first-order valence-corrected chi connectivity index (χ1v) is 10.7. The maximum absolute atomic E-state index is 14.5.